The summed E-state index contributed by atoms with van der Waals surface area (Å²) < 4.78 is 6.07. The van der Waals surface area contributed by atoms with Crippen molar-refractivity contribution in [3.8, 4) is 0 Å². The van der Waals surface area contributed by atoms with E-state index in [0.717, 1.165) is 11.8 Å². The van der Waals surface area contributed by atoms with E-state index in [2.05, 4.69) is 58.3 Å². The Morgan fingerprint density at radius 2 is 1.46 bits per heavy atom. The summed E-state index contributed by atoms with van der Waals surface area (Å²) in [5.41, 5.74) is 0.474. The first-order valence-corrected chi connectivity index (χ1v) is 10.1. The molecule has 0 amide bonds. The first-order chi connectivity index (χ1) is 11.0. The van der Waals surface area contributed by atoms with Crippen molar-refractivity contribution in [3.05, 3.63) is 0 Å². The van der Waals surface area contributed by atoms with Crippen molar-refractivity contribution in [2.75, 3.05) is 39.3 Å². The van der Waals surface area contributed by atoms with E-state index >= 15 is 0 Å². The number of rotatable bonds is 6. The van der Waals surface area contributed by atoms with Crippen LogP contribution in [0.4, 0.5) is 0 Å². The molecule has 0 aromatic carbocycles. The van der Waals surface area contributed by atoms with Gasteiger partial charge >= 0.3 is 0 Å². The topological polar surface area (TPSA) is 15.7 Å². The molecule has 0 bridgehead atoms. The highest BCUT2D eigenvalue weighted by molar-refractivity contribution is 4.86. The fourth-order valence-electron chi connectivity index (χ4n) is 4.49. The van der Waals surface area contributed by atoms with Crippen LogP contribution >= 0.6 is 0 Å². The predicted molar refractivity (Wildman–Crippen MR) is 103 cm³/mol. The third-order valence-corrected chi connectivity index (χ3v) is 5.22. The lowest BCUT2D eigenvalue weighted by atomic mass is 9.81. The molecule has 0 radical (unpaired) electrons. The molecule has 142 valence electrons. The van der Waals surface area contributed by atoms with Gasteiger partial charge < -0.3 is 14.5 Å². The van der Waals surface area contributed by atoms with Gasteiger partial charge in [0.05, 0.1) is 11.7 Å². The van der Waals surface area contributed by atoms with Crippen LogP contribution in [0.3, 0.4) is 0 Å². The Labute approximate surface area is 151 Å². The Hall–Kier alpha value is -0.120. The van der Waals surface area contributed by atoms with Crippen LogP contribution in [-0.4, -0.2) is 60.8 Å². The van der Waals surface area contributed by atoms with Crippen LogP contribution in [0.25, 0.3) is 0 Å². The molecule has 3 heteroatoms. The third kappa shape index (κ3) is 7.41. The average molecular weight is 339 g/mol. The van der Waals surface area contributed by atoms with Crippen molar-refractivity contribution >= 4 is 0 Å². The molecular weight excluding hydrogens is 296 g/mol. The fourth-order valence-corrected chi connectivity index (χ4v) is 4.49. The minimum atomic E-state index is 0.0189. The van der Waals surface area contributed by atoms with Crippen LogP contribution in [0, 0.1) is 17.3 Å². The summed E-state index contributed by atoms with van der Waals surface area (Å²) in [7, 11) is 0. The van der Waals surface area contributed by atoms with Crippen molar-refractivity contribution in [2.24, 2.45) is 17.3 Å². The highest BCUT2D eigenvalue weighted by Gasteiger charge is 2.34. The van der Waals surface area contributed by atoms with Crippen molar-refractivity contribution in [1.82, 2.24) is 9.80 Å². The van der Waals surface area contributed by atoms with Crippen LogP contribution in [0.5, 0.6) is 0 Å². The summed E-state index contributed by atoms with van der Waals surface area (Å²) in [6, 6.07) is 0. The van der Waals surface area contributed by atoms with Crippen molar-refractivity contribution in [3.63, 3.8) is 0 Å². The molecule has 0 spiro atoms. The highest BCUT2D eigenvalue weighted by atomic mass is 16.5. The molecule has 24 heavy (non-hydrogen) atoms. The molecule has 0 aromatic rings. The molecule has 1 unspecified atom stereocenters. The maximum atomic E-state index is 6.07. The van der Waals surface area contributed by atoms with Gasteiger partial charge in [-0.1, -0.05) is 27.7 Å². The molecule has 0 N–H and O–H groups in total. The molecule has 1 aliphatic carbocycles. The summed E-state index contributed by atoms with van der Waals surface area (Å²) in [5.74, 6) is 1.67. The second kappa shape index (κ2) is 8.05. The van der Waals surface area contributed by atoms with E-state index < -0.39 is 0 Å². The molecule has 3 nitrogen and oxygen atoms in total. The average Bonchev–Trinajstić information content (AvgIpc) is 2.34. The second-order valence-electron chi connectivity index (χ2n) is 10.7. The molecule has 2 fully saturated rings. The maximum absolute atomic E-state index is 6.07. The first-order valence-electron chi connectivity index (χ1n) is 10.1. The number of piperazine rings is 1. The molecule has 1 heterocycles. The Morgan fingerprint density at radius 3 is 1.96 bits per heavy atom. The fraction of sp³-hybridized carbons (Fsp3) is 1.00. The normalized spacial score (nSPS) is 28.6. The van der Waals surface area contributed by atoms with Crippen LogP contribution in [-0.2, 0) is 4.74 Å². The number of ether oxygens (including phenoxy) is 1. The van der Waals surface area contributed by atoms with E-state index in [4.69, 9.17) is 4.74 Å². The van der Waals surface area contributed by atoms with Crippen molar-refractivity contribution < 1.29 is 4.74 Å². The van der Waals surface area contributed by atoms with Crippen LogP contribution < -0.4 is 0 Å². The van der Waals surface area contributed by atoms with Gasteiger partial charge in [-0.15, -0.1) is 0 Å². The highest BCUT2D eigenvalue weighted by Crippen LogP contribution is 2.33. The lowest BCUT2D eigenvalue weighted by molar-refractivity contribution is -0.116. The molecule has 1 saturated carbocycles. The summed E-state index contributed by atoms with van der Waals surface area (Å²) in [5, 5.41) is 0. The zero-order valence-corrected chi connectivity index (χ0v) is 17.4. The molecule has 1 aliphatic heterocycles. The minimum Gasteiger partial charge on any atom is -0.373 e. The zero-order valence-electron chi connectivity index (χ0n) is 17.4. The standard InChI is InChI=1S/C21H42N2O/c1-17(14-20(2,3)4)15-22-8-10-23(11-9-22)16-18-12-19(13-18)24-21(5,6)7/h17-19H,8-16H2,1-7H3. The third-order valence-electron chi connectivity index (χ3n) is 5.22. The van der Waals surface area contributed by atoms with Gasteiger partial charge in [0.15, 0.2) is 0 Å². The lowest BCUT2D eigenvalue weighted by Gasteiger charge is -2.43. The Balaban J connectivity index is 1.59. The minimum absolute atomic E-state index is 0.0189. The Morgan fingerprint density at radius 1 is 0.917 bits per heavy atom. The zero-order chi connectivity index (χ0) is 18.0. The molecular formula is C21H42N2O. The van der Waals surface area contributed by atoms with Gasteiger partial charge in [0.2, 0.25) is 0 Å². The number of nitrogens with zero attached hydrogens (tertiary/aromatic N) is 2. The largest absolute Gasteiger partial charge is 0.373 e. The van der Waals surface area contributed by atoms with Gasteiger partial charge in [0.1, 0.15) is 0 Å². The van der Waals surface area contributed by atoms with Gasteiger partial charge in [-0.2, -0.15) is 0 Å². The smallest absolute Gasteiger partial charge is 0.0602 e. The van der Waals surface area contributed by atoms with E-state index in [9.17, 15) is 0 Å². The van der Waals surface area contributed by atoms with Gasteiger partial charge in [0, 0.05) is 39.3 Å². The predicted octanol–water partition coefficient (Wildman–Crippen LogP) is 4.27. The summed E-state index contributed by atoms with van der Waals surface area (Å²) in [6.07, 6.45) is 4.36. The van der Waals surface area contributed by atoms with Crippen LogP contribution in [0.15, 0.2) is 0 Å². The summed E-state index contributed by atoms with van der Waals surface area (Å²) >= 11 is 0. The maximum Gasteiger partial charge on any atom is 0.0602 e. The van der Waals surface area contributed by atoms with Crippen LogP contribution in [0.2, 0.25) is 0 Å². The van der Waals surface area contributed by atoms with E-state index in [1.807, 2.05) is 0 Å². The van der Waals surface area contributed by atoms with Gasteiger partial charge in [0.25, 0.3) is 0 Å². The Bertz CT molecular complexity index is 368. The van der Waals surface area contributed by atoms with Crippen molar-refractivity contribution in [2.45, 2.75) is 79.4 Å². The molecule has 2 rings (SSSR count). The lowest BCUT2D eigenvalue weighted by Crippen LogP contribution is -2.51. The quantitative estimate of drug-likeness (QED) is 0.719. The second-order valence-corrected chi connectivity index (χ2v) is 10.7. The van der Waals surface area contributed by atoms with E-state index in [1.54, 1.807) is 0 Å². The van der Waals surface area contributed by atoms with Gasteiger partial charge in [-0.3, -0.25) is 0 Å². The van der Waals surface area contributed by atoms with E-state index in [0.29, 0.717) is 11.5 Å². The molecule has 0 aromatic heterocycles. The molecule has 1 atom stereocenters. The van der Waals surface area contributed by atoms with E-state index in [1.165, 1.54) is 58.5 Å². The summed E-state index contributed by atoms with van der Waals surface area (Å²) in [4.78, 5) is 5.36. The first kappa shape index (κ1) is 20.2. The van der Waals surface area contributed by atoms with Gasteiger partial charge in [-0.05, 0) is 57.3 Å². The van der Waals surface area contributed by atoms with Crippen molar-refractivity contribution in [1.29, 1.82) is 0 Å². The Kier molecular flexibility index (Phi) is 6.78. The SMILES string of the molecule is CC(CN1CCN(CC2CC(OC(C)(C)C)C2)CC1)CC(C)(C)C. The molecule has 1 saturated heterocycles. The van der Waals surface area contributed by atoms with E-state index in [-0.39, 0.29) is 5.60 Å². The monoisotopic (exact) mass is 338 g/mol. The van der Waals surface area contributed by atoms with Gasteiger partial charge in [-0.25, -0.2) is 0 Å². The number of hydrogen-bond donors (Lipinski definition) is 0. The van der Waals surface area contributed by atoms with Crippen LogP contribution in [0.1, 0.15) is 67.7 Å². The number of hydrogen-bond acceptors (Lipinski definition) is 3. The molecule has 2 aliphatic rings. The summed E-state index contributed by atoms with van der Waals surface area (Å²) in [6.45, 7) is 23.6.